The molecule has 0 aliphatic carbocycles. The van der Waals surface area contributed by atoms with Gasteiger partial charge in [-0.1, -0.05) is 32.6 Å². The normalized spacial score (nSPS) is 8.25. The minimum Gasteiger partial charge on any atom is -0.343 e. The summed E-state index contributed by atoms with van der Waals surface area (Å²) in [5.41, 5.74) is 0. The summed E-state index contributed by atoms with van der Waals surface area (Å²) in [4.78, 5) is 0. The van der Waals surface area contributed by atoms with Crippen molar-refractivity contribution < 1.29 is 68.9 Å². The Morgan fingerprint density at radius 3 is 2.12 bits per heavy atom. The van der Waals surface area contributed by atoms with Gasteiger partial charge in [0.25, 0.3) is 0 Å². The molecule has 0 heterocycles. The summed E-state index contributed by atoms with van der Waals surface area (Å²) < 4.78 is 0. The van der Waals surface area contributed by atoms with Gasteiger partial charge in [0.2, 0.25) is 0 Å². The molecule has 44 valence electrons. The molecule has 0 rings (SSSR count). The molecular weight excluding hydrogens is 217 g/mol. The molecule has 0 aromatic heterocycles. The van der Waals surface area contributed by atoms with Crippen LogP contribution in [0.2, 0.25) is 0 Å². The van der Waals surface area contributed by atoms with Crippen LogP contribution in [0.3, 0.4) is 0 Å². The molecule has 0 saturated carbocycles. The van der Waals surface area contributed by atoms with E-state index in [-0.39, 0.29) is 68.9 Å². The summed E-state index contributed by atoms with van der Waals surface area (Å²) in [5.74, 6) is 0. The number of hydrogen-bond acceptors (Lipinski definition) is 0. The second-order valence-corrected chi connectivity index (χ2v) is 1.91. The van der Waals surface area contributed by atoms with E-state index < -0.39 is 0 Å². The third-order valence-corrected chi connectivity index (χ3v) is 1.10. The van der Waals surface area contributed by atoms with Crippen molar-refractivity contribution in [3.63, 3.8) is 0 Å². The van der Waals surface area contributed by atoms with E-state index in [4.69, 9.17) is 0 Å². The van der Waals surface area contributed by atoms with Crippen LogP contribution in [0.25, 0.3) is 0 Å². The average molecular weight is 232 g/mol. The molecule has 0 aliphatic heterocycles. The van der Waals surface area contributed by atoms with E-state index in [9.17, 15) is 0 Å². The Morgan fingerprint density at radius 2 is 1.75 bits per heavy atom. The molecule has 0 aromatic carbocycles. The molecular formula is C7H15Cs. The Kier molecular flexibility index (Phi) is 18.7. The van der Waals surface area contributed by atoms with Crippen LogP contribution < -0.4 is 68.9 Å². The molecule has 0 bridgehead atoms. The molecule has 0 spiro atoms. The second kappa shape index (κ2) is 11.8. The van der Waals surface area contributed by atoms with E-state index in [0.29, 0.717) is 0 Å². The Hall–Kier alpha value is 2.05. The molecule has 8 heavy (non-hydrogen) atoms. The average Bonchev–Trinajstić information content (AvgIpc) is 1.69. The van der Waals surface area contributed by atoms with Crippen LogP contribution in [0.1, 0.15) is 39.0 Å². The van der Waals surface area contributed by atoms with Gasteiger partial charge in [-0.3, -0.25) is 0 Å². The number of hydrogen-bond donors (Lipinski definition) is 0. The largest absolute Gasteiger partial charge is 1.00 e. The summed E-state index contributed by atoms with van der Waals surface area (Å²) in [5, 5.41) is 0. The molecule has 0 fully saturated rings. The molecule has 0 aromatic rings. The number of unbranched alkanes of at least 4 members (excludes halogenated alkanes) is 4. The molecule has 0 N–H and O–H groups in total. The predicted octanol–water partition coefficient (Wildman–Crippen LogP) is -0.205. The maximum absolute atomic E-state index is 3.76. The van der Waals surface area contributed by atoms with Crippen molar-refractivity contribution in [2.75, 3.05) is 0 Å². The molecule has 0 nitrogen and oxygen atoms in total. The third-order valence-electron chi connectivity index (χ3n) is 1.10. The van der Waals surface area contributed by atoms with Gasteiger partial charge in [0.15, 0.2) is 0 Å². The first-order valence-electron chi connectivity index (χ1n) is 3.21. The molecule has 0 radical (unpaired) electrons. The van der Waals surface area contributed by atoms with E-state index in [2.05, 4.69) is 13.8 Å². The fraction of sp³-hybridized carbons (Fsp3) is 0.857. The van der Waals surface area contributed by atoms with Crippen LogP contribution in [0.4, 0.5) is 0 Å². The maximum atomic E-state index is 3.76. The van der Waals surface area contributed by atoms with Gasteiger partial charge in [0, 0.05) is 0 Å². The summed E-state index contributed by atoms with van der Waals surface area (Å²) in [6.45, 7) is 5.98. The minimum atomic E-state index is 0. The molecule has 0 saturated heterocycles. The van der Waals surface area contributed by atoms with Gasteiger partial charge in [-0.25, -0.2) is 0 Å². The second-order valence-electron chi connectivity index (χ2n) is 1.91. The summed E-state index contributed by atoms with van der Waals surface area (Å²) in [6.07, 6.45) is 6.52. The van der Waals surface area contributed by atoms with Crippen molar-refractivity contribution in [2.24, 2.45) is 0 Å². The van der Waals surface area contributed by atoms with Crippen molar-refractivity contribution in [3.05, 3.63) is 6.92 Å². The fourth-order valence-corrected chi connectivity index (χ4v) is 0.604. The summed E-state index contributed by atoms with van der Waals surface area (Å²) in [7, 11) is 0. The first kappa shape index (κ1) is 12.7. The molecule has 0 aliphatic rings. The zero-order valence-electron chi connectivity index (χ0n) is 6.24. The van der Waals surface area contributed by atoms with E-state index in [1.807, 2.05) is 0 Å². The Bertz CT molecular complexity index is 23.6. The monoisotopic (exact) mass is 232 g/mol. The van der Waals surface area contributed by atoms with Crippen molar-refractivity contribution in [2.45, 2.75) is 39.0 Å². The molecule has 0 atom stereocenters. The van der Waals surface area contributed by atoms with Gasteiger partial charge in [0.05, 0.1) is 0 Å². The van der Waals surface area contributed by atoms with Crippen molar-refractivity contribution in [1.82, 2.24) is 0 Å². The van der Waals surface area contributed by atoms with Crippen molar-refractivity contribution in [3.8, 4) is 0 Å². The van der Waals surface area contributed by atoms with Crippen molar-refractivity contribution in [1.29, 1.82) is 0 Å². The van der Waals surface area contributed by atoms with Gasteiger partial charge >= 0.3 is 68.9 Å². The van der Waals surface area contributed by atoms with Gasteiger partial charge in [0.1, 0.15) is 0 Å². The summed E-state index contributed by atoms with van der Waals surface area (Å²) >= 11 is 0. The van der Waals surface area contributed by atoms with Crippen LogP contribution in [-0.4, -0.2) is 0 Å². The van der Waals surface area contributed by atoms with Gasteiger partial charge < -0.3 is 6.92 Å². The van der Waals surface area contributed by atoms with Crippen LogP contribution in [0.15, 0.2) is 0 Å². The van der Waals surface area contributed by atoms with E-state index in [1.165, 1.54) is 25.7 Å². The van der Waals surface area contributed by atoms with Crippen LogP contribution in [0.5, 0.6) is 0 Å². The van der Waals surface area contributed by atoms with Crippen molar-refractivity contribution >= 4 is 0 Å². The standard InChI is InChI=1S/C7H15.Cs/c1-3-5-7-6-4-2;/h1,3-7H2,2H3;/q-1;+1. The quantitative estimate of drug-likeness (QED) is 0.465. The Morgan fingerprint density at radius 1 is 1.12 bits per heavy atom. The topological polar surface area (TPSA) is 0 Å². The maximum Gasteiger partial charge on any atom is 1.00 e. The van der Waals surface area contributed by atoms with E-state index in [0.717, 1.165) is 6.42 Å². The first-order chi connectivity index (χ1) is 3.41. The zero-order valence-corrected chi connectivity index (χ0v) is 12.5. The Balaban J connectivity index is 0. The first-order valence-corrected chi connectivity index (χ1v) is 3.21. The van der Waals surface area contributed by atoms with E-state index >= 15 is 0 Å². The van der Waals surface area contributed by atoms with E-state index in [1.54, 1.807) is 0 Å². The smallest absolute Gasteiger partial charge is 0.343 e. The van der Waals surface area contributed by atoms with Crippen LogP contribution in [-0.2, 0) is 0 Å². The molecule has 0 unspecified atom stereocenters. The van der Waals surface area contributed by atoms with Crippen LogP contribution in [0, 0.1) is 6.92 Å². The summed E-state index contributed by atoms with van der Waals surface area (Å²) in [6, 6.07) is 0. The van der Waals surface area contributed by atoms with Gasteiger partial charge in [-0.15, -0.1) is 0 Å². The third kappa shape index (κ3) is 10.9. The SMILES string of the molecule is [CH2-]CCCCCC.[Cs+]. The van der Waals surface area contributed by atoms with Gasteiger partial charge in [-0.2, -0.15) is 6.42 Å². The minimum absolute atomic E-state index is 0. The Labute approximate surface area is 112 Å². The molecule has 0 amide bonds. The fourth-order valence-electron chi connectivity index (χ4n) is 0.604. The number of rotatable bonds is 4. The van der Waals surface area contributed by atoms with Crippen LogP contribution >= 0.6 is 0 Å². The zero-order chi connectivity index (χ0) is 5.54. The molecule has 1 heteroatoms. The van der Waals surface area contributed by atoms with Gasteiger partial charge in [-0.05, 0) is 0 Å². The predicted molar refractivity (Wildman–Crippen MR) is 34.1 cm³/mol.